The fraction of sp³-hybridized carbons (Fsp3) is 0.176. The molecule has 0 bridgehead atoms. The first-order valence-electron chi connectivity index (χ1n) is 6.74. The van der Waals surface area contributed by atoms with Gasteiger partial charge in [0.25, 0.3) is 0 Å². The van der Waals surface area contributed by atoms with Crippen molar-refractivity contribution >= 4 is 22.6 Å². The molecule has 0 aliphatic heterocycles. The summed E-state index contributed by atoms with van der Waals surface area (Å²) in [5.74, 6) is 0.750. The second-order valence-electron chi connectivity index (χ2n) is 5.04. The third-order valence-electron chi connectivity index (χ3n) is 3.46. The van der Waals surface area contributed by atoms with Crippen molar-refractivity contribution in [3.63, 3.8) is 0 Å². The molecule has 3 aromatic rings. The molecule has 2 aromatic carbocycles. The molecule has 1 atom stereocenters. The normalized spacial score (nSPS) is 12.3. The van der Waals surface area contributed by atoms with Crippen LogP contribution in [0.2, 0.25) is 0 Å². The van der Waals surface area contributed by atoms with Crippen LogP contribution < -0.4 is 0 Å². The van der Waals surface area contributed by atoms with Crippen LogP contribution in [0.5, 0.6) is 0 Å². The number of halogens is 1. The van der Waals surface area contributed by atoms with E-state index in [-0.39, 0.29) is 5.38 Å². The summed E-state index contributed by atoms with van der Waals surface area (Å²) in [7, 11) is 0. The van der Waals surface area contributed by atoms with Gasteiger partial charge in [-0.2, -0.15) is 5.26 Å². The summed E-state index contributed by atoms with van der Waals surface area (Å²) in [5.41, 5.74) is 4.43. The Hall–Kier alpha value is -2.31. The molecule has 0 aliphatic rings. The van der Waals surface area contributed by atoms with Gasteiger partial charge in [0.05, 0.1) is 27.7 Å². The van der Waals surface area contributed by atoms with Crippen molar-refractivity contribution in [1.29, 1.82) is 5.26 Å². The Kier molecular flexibility index (Phi) is 3.40. The van der Waals surface area contributed by atoms with Crippen LogP contribution in [0.3, 0.4) is 0 Å². The van der Waals surface area contributed by atoms with Gasteiger partial charge in [-0.1, -0.05) is 18.2 Å². The van der Waals surface area contributed by atoms with Gasteiger partial charge in [-0.3, -0.25) is 4.57 Å². The Morgan fingerprint density at radius 3 is 2.71 bits per heavy atom. The SMILES string of the molecule is Cc1ccc2nc(C(C)Cl)n(-c3ccccc3C#N)c2c1. The summed E-state index contributed by atoms with van der Waals surface area (Å²) >= 11 is 6.30. The predicted octanol–water partition coefficient (Wildman–Crippen LogP) is 4.51. The smallest absolute Gasteiger partial charge is 0.132 e. The molecule has 0 spiro atoms. The van der Waals surface area contributed by atoms with Crippen LogP contribution >= 0.6 is 11.6 Å². The average Bonchev–Trinajstić information content (AvgIpc) is 2.85. The van der Waals surface area contributed by atoms with Gasteiger partial charge < -0.3 is 0 Å². The van der Waals surface area contributed by atoms with Gasteiger partial charge in [0.1, 0.15) is 11.9 Å². The lowest BCUT2D eigenvalue weighted by atomic mass is 10.1. The maximum atomic E-state index is 9.36. The van der Waals surface area contributed by atoms with Crippen molar-refractivity contribution < 1.29 is 0 Å². The first-order valence-corrected chi connectivity index (χ1v) is 7.18. The molecule has 0 saturated heterocycles. The van der Waals surface area contributed by atoms with Crippen LogP contribution in [-0.2, 0) is 0 Å². The van der Waals surface area contributed by atoms with Crippen LogP contribution in [0, 0.1) is 18.3 Å². The van der Waals surface area contributed by atoms with E-state index in [0.717, 1.165) is 28.1 Å². The van der Waals surface area contributed by atoms with Crippen LogP contribution in [0.1, 0.15) is 29.3 Å². The summed E-state index contributed by atoms with van der Waals surface area (Å²) in [4.78, 5) is 4.63. The molecule has 0 amide bonds. The topological polar surface area (TPSA) is 41.6 Å². The fourth-order valence-electron chi connectivity index (χ4n) is 2.49. The molecule has 1 heterocycles. The number of nitrogens with zero attached hydrogens (tertiary/aromatic N) is 3. The number of aryl methyl sites for hydroxylation is 1. The van der Waals surface area contributed by atoms with Crippen molar-refractivity contribution in [1.82, 2.24) is 9.55 Å². The summed E-state index contributed by atoms with van der Waals surface area (Å²) in [6.45, 7) is 3.93. The highest BCUT2D eigenvalue weighted by Gasteiger charge is 2.18. The molecule has 21 heavy (non-hydrogen) atoms. The van der Waals surface area contributed by atoms with Crippen molar-refractivity contribution in [2.24, 2.45) is 0 Å². The molecule has 0 fully saturated rings. The molecule has 104 valence electrons. The number of nitriles is 1. The number of benzene rings is 2. The van der Waals surface area contributed by atoms with E-state index in [9.17, 15) is 5.26 Å². The Labute approximate surface area is 128 Å². The maximum Gasteiger partial charge on any atom is 0.132 e. The van der Waals surface area contributed by atoms with Crippen molar-refractivity contribution in [3.05, 3.63) is 59.4 Å². The number of rotatable bonds is 2. The zero-order valence-corrected chi connectivity index (χ0v) is 12.6. The van der Waals surface area contributed by atoms with Crippen molar-refractivity contribution in [2.75, 3.05) is 0 Å². The van der Waals surface area contributed by atoms with E-state index in [1.165, 1.54) is 0 Å². The van der Waals surface area contributed by atoms with Crippen LogP contribution in [0.15, 0.2) is 42.5 Å². The lowest BCUT2D eigenvalue weighted by Crippen LogP contribution is -2.04. The van der Waals surface area contributed by atoms with Crippen LogP contribution in [0.25, 0.3) is 16.7 Å². The van der Waals surface area contributed by atoms with Crippen molar-refractivity contribution in [3.8, 4) is 11.8 Å². The molecular formula is C17H14ClN3. The minimum atomic E-state index is -0.246. The largest absolute Gasteiger partial charge is 0.294 e. The molecular weight excluding hydrogens is 282 g/mol. The molecule has 0 aliphatic carbocycles. The lowest BCUT2D eigenvalue weighted by molar-refractivity contribution is 0.881. The van der Waals surface area contributed by atoms with Crippen LogP contribution in [-0.4, -0.2) is 9.55 Å². The molecule has 1 aromatic heterocycles. The summed E-state index contributed by atoms with van der Waals surface area (Å²) in [6, 6.07) is 15.8. The highest BCUT2D eigenvalue weighted by Crippen LogP contribution is 2.29. The number of hydrogen-bond donors (Lipinski definition) is 0. The van der Waals surface area contributed by atoms with E-state index >= 15 is 0 Å². The minimum absolute atomic E-state index is 0.246. The fourth-order valence-corrected chi connectivity index (χ4v) is 2.63. The molecule has 3 nitrogen and oxygen atoms in total. The maximum absolute atomic E-state index is 9.36. The van der Waals surface area contributed by atoms with E-state index in [2.05, 4.69) is 17.1 Å². The number of aromatic nitrogens is 2. The van der Waals surface area contributed by atoms with E-state index in [1.54, 1.807) is 6.07 Å². The first-order chi connectivity index (χ1) is 10.1. The highest BCUT2D eigenvalue weighted by molar-refractivity contribution is 6.20. The van der Waals surface area contributed by atoms with Gasteiger partial charge in [-0.15, -0.1) is 11.6 Å². The second kappa shape index (κ2) is 5.23. The van der Waals surface area contributed by atoms with Gasteiger partial charge in [-0.05, 0) is 43.7 Å². The Bertz CT molecular complexity index is 856. The molecule has 1 unspecified atom stereocenters. The van der Waals surface area contributed by atoms with Gasteiger partial charge in [-0.25, -0.2) is 4.98 Å². The van der Waals surface area contributed by atoms with E-state index in [0.29, 0.717) is 5.56 Å². The van der Waals surface area contributed by atoms with E-state index in [1.807, 2.05) is 48.7 Å². The van der Waals surface area contributed by atoms with Gasteiger partial charge >= 0.3 is 0 Å². The number of fused-ring (bicyclic) bond motifs is 1. The number of imidazole rings is 1. The minimum Gasteiger partial charge on any atom is -0.294 e. The molecule has 0 radical (unpaired) electrons. The standard InChI is InChI=1S/C17H14ClN3/c1-11-7-8-14-16(9-11)21(17(20-14)12(2)18)15-6-4-3-5-13(15)10-19/h3-9,12H,1-2H3. The van der Waals surface area contributed by atoms with Gasteiger partial charge in [0, 0.05) is 0 Å². The molecule has 4 heteroatoms. The quantitative estimate of drug-likeness (QED) is 0.653. The second-order valence-corrected chi connectivity index (χ2v) is 5.70. The summed E-state index contributed by atoms with van der Waals surface area (Å²) < 4.78 is 1.98. The van der Waals surface area contributed by atoms with Gasteiger partial charge in [0.15, 0.2) is 0 Å². The summed E-state index contributed by atoms with van der Waals surface area (Å²) in [6.07, 6.45) is 0. The number of para-hydroxylation sites is 1. The highest BCUT2D eigenvalue weighted by atomic mass is 35.5. The molecule has 0 N–H and O–H groups in total. The average molecular weight is 296 g/mol. The van der Waals surface area contributed by atoms with Crippen molar-refractivity contribution in [2.45, 2.75) is 19.2 Å². The zero-order valence-electron chi connectivity index (χ0n) is 11.8. The van der Waals surface area contributed by atoms with E-state index < -0.39 is 0 Å². The third-order valence-corrected chi connectivity index (χ3v) is 3.65. The Morgan fingerprint density at radius 2 is 2.00 bits per heavy atom. The molecule has 3 rings (SSSR count). The third kappa shape index (κ3) is 2.28. The lowest BCUT2D eigenvalue weighted by Gasteiger charge is -2.12. The zero-order chi connectivity index (χ0) is 15.0. The molecule has 0 saturated carbocycles. The summed E-state index contributed by atoms with van der Waals surface area (Å²) in [5, 5.41) is 9.11. The van der Waals surface area contributed by atoms with Crippen LogP contribution in [0.4, 0.5) is 0 Å². The Morgan fingerprint density at radius 1 is 1.24 bits per heavy atom. The number of alkyl halides is 1. The van der Waals surface area contributed by atoms with E-state index in [4.69, 9.17) is 11.6 Å². The first kappa shape index (κ1) is 13.7. The monoisotopic (exact) mass is 295 g/mol. The Balaban J connectivity index is 2.42. The number of hydrogen-bond acceptors (Lipinski definition) is 2. The van der Waals surface area contributed by atoms with Gasteiger partial charge in [0.2, 0.25) is 0 Å². The predicted molar refractivity (Wildman–Crippen MR) is 84.8 cm³/mol.